The van der Waals surface area contributed by atoms with E-state index in [0.29, 0.717) is 21.2 Å². The Labute approximate surface area is 198 Å². The number of Topliss-reactive ketones (excluding diaryl/α,β-unsaturated/α-hetero) is 2. The first-order chi connectivity index (χ1) is 12.9. The van der Waals surface area contributed by atoms with E-state index in [2.05, 4.69) is 21.2 Å². The lowest BCUT2D eigenvalue weighted by Gasteiger charge is -2.25. The molecule has 2 atom stereocenters. The van der Waals surface area contributed by atoms with E-state index >= 15 is 0 Å². The summed E-state index contributed by atoms with van der Waals surface area (Å²) in [5.74, 6) is 0.120. The molecule has 0 radical (unpaired) electrons. The lowest BCUT2D eigenvalue weighted by Crippen LogP contribution is -2.46. The van der Waals surface area contributed by atoms with Crippen LogP contribution in [0.15, 0.2) is 48.5 Å². The number of carbonyl (C=O) groups is 2. The predicted octanol–water partition coefficient (Wildman–Crippen LogP) is 7.03. The van der Waals surface area contributed by atoms with E-state index in [1.807, 2.05) is 27.7 Å². The molecule has 0 saturated carbocycles. The molecule has 0 amide bonds. The van der Waals surface area contributed by atoms with Crippen LogP contribution in [0.3, 0.4) is 0 Å². The fraction of sp³-hybridized carbons (Fsp3) is 0.364. The zero-order valence-corrected chi connectivity index (χ0v) is 21.0. The number of alkyl halides is 1. The fourth-order valence-corrected chi connectivity index (χ4v) is 3.12. The van der Waals surface area contributed by atoms with Gasteiger partial charge in [-0.05, 0) is 58.9 Å². The minimum Gasteiger partial charge on any atom is -0.303 e. The molecule has 0 aliphatic carbocycles. The van der Waals surface area contributed by atoms with Gasteiger partial charge in [-0.25, -0.2) is 0 Å². The summed E-state index contributed by atoms with van der Waals surface area (Å²) < 4.78 is 0. The molecular formula is C22H27BrCl3NO2. The first-order valence-corrected chi connectivity index (χ1v) is 10.6. The number of benzene rings is 2. The van der Waals surface area contributed by atoms with Gasteiger partial charge in [-0.1, -0.05) is 63.4 Å². The van der Waals surface area contributed by atoms with Crippen molar-refractivity contribution in [2.45, 2.75) is 51.0 Å². The second kappa shape index (κ2) is 12.7. The lowest BCUT2D eigenvalue weighted by atomic mass is 10.0. The van der Waals surface area contributed by atoms with E-state index in [-0.39, 0.29) is 40.4 Å². The van der Waals surface area contributed by atoms with Crippen molar-refractivity contribution in [3.8, 4) is 0 Å². The van der Waals surface area contributed by atoms with Gasteiger partial charge in [0, 0.05) is 26.7 Å². The molecule has 0 spiro atoms. The Kier molecular flexibility index (Phi) is 12.3. The summed E-state index contributed by atoms with van der Waals surface area (Å²) in [5, 5.41) is 4.43. The second-order valence-electron chi connectivity index (χ2n) is 7.48. The highest BCUT2D eigenvalue weighted by atomic mass is 79.9. The molecule has 1 N–H and O–H groups in total. The minimum atomic E-state index is -0.210. The maximum absolute atomic E-state index is 12.1. The normalized spacial score (nSPS) is 12.7. The molecule has 0 aromatic heterocycles. The molecule has 160 valence electrons. The predicted molar refractivity (Wildman–Crippen MR) is 130 cm³/mol. The molecule has 2 aromatic rings. The van der Waals surface area contributed by atoms with Crippen LogP contribution in [0.1, 0.15) is 55.3 Å². The van der Waals surface area contributed by atoms with Gasteiger partial charge in [0.25, 0.3) is 0 Å². The summed E-state index contributed by atoms with van der Waals surface area (Å²) >= 11 is 14.8. The monoisotopic (exact) mass is 521 g/mol. The van der Waals surface area contributed by atoms with Crippen molar-refractivity contribution >= 4 is 63.1 Å². The standard InChI is InChI=1S/C13H18ClNO.C9H8BrClO.ClH/c1-9(15-13(2,3)4)12(16)10-6-5-7-11(14)8-10;1-6(10)9(12)7-3-2-4-8(11)5-7;/h5-9,15H,1-4H3;2-6H,1H3;1H. The van der Waals surface area contributed by atoms with Gasteiger partial charge < -0.3 is 5.32 Å². The number of ketones is 2. The molecule has 0 fully saturated rings. The van der Waals surface area contributed by atoms with Crippen LogP contribution in [0.2, 0.25) is 10.0 Å². The van der Waals surface area contributed by atoms with E-state index in [9.17, 15) is 9.59 Å². The van der Waals surface area contributed by atoms with Crippen LogP contribution in [0.4, 0.5) is 0 Å². The zero-order valence-electron chi connectivity index (χ0n) is 17.1. The minimum absolute atomic E-state index is 0. The van der Waals surface area contributed by atoms with Gasteiger partial charge in [0.1, 0.15) is 0 Å². The third-order valence-corrected chi connectivity index (χ3v) is 4.51. The van der Waals surface area contributed by atoms with E-state index in [1.54, 1.807) is 55.5 Å². The van der Waals surface area contributed by atoms with Crippen LogP contribution in [-0.4, -0.2) is 28.0 Å². The Morgan fingerprint density at radius 3 is 1.66 bits per heavy atom. The Morgan fingerprint density at radius 2 is 1.31 bits per heavy atom. The molecule has 0 aliphatic rings. The van der Waals surface area contributed by atoms with Crippen molar-refractivity contribution in [2.75, 3.05) is 0 Å². The van der Waals surface area contributed by atoms with Crippen molar-refractivity contribution in [1.29, 1.82) is 0 Å². The SMILES string of the molecule is CC(Br)C(=O)c1cccc(Cl)c1.CC(NC(C)(C)C)C(=O)c1cccc(Cl)c1.Cl. The summed E-state index contributed by atoms with van der Waals surface area (Å²) in [7, 11) is 0. The Bertz CT molecular complexity index is 820. The van der Waals surface area contributed by atoms with E-state index in [4.69, 9.17) is 23.2 Å². The maximum Gasteiger partial charge on any atom is 0.179 e. The molecule has 2 rings (SSSR count). The van der Waals surface area contributed by atoms with Crippen LogP contribution in [-0.2, 0) is 0 Å². The van der Waals surface area contributed by atoms with Crippen molar-refractivity contribution in [3.05, 3.63) is 69.7 Å². The molecule has 0 saturated heterocycles. The van der Waals surface area contributed by atoms with Gasteiger partial charge >= 0.3 is 0 Å². The fourth-order valence-electron chi connectivity index (χ4n) is 2.48. The lowest BCUT2D eigenvalue weighted by molar-refractivity contribution is 0.0935. The highest BCUT2D eigenvalue weighted by molar-refractivity contribution is 9.10. The summed E-state index contributed by atoms with van der Waals surface area (Å²) in [5.41, 5.74) is 1.22. The average Bonchev–Trinajstić information content (AvgIpc) is 2.59. The maximum atomic E-state index is 12.1. The molecule has 0 aliphatic heterocycles. The smallest absolute Gasteiger partial charge is 0.179 e. The Hall–Kier alpha value is -0.910. The Morgan fingerprint density at radius 1 is 0.897 bits per heavy atom. The summed E-state index contributed by atoms with van der Waals surface area (Å²) in [6.07, 6.45) is 0. The third kappa shape index (κ3) is 10.6. The zero-order chi connectivity index (χ0) is 21.5. The van der Waals surface area contributed by atoms with Crippen molar-refractivity contribution in [2.24, 2.45) is 0 Å². The van der Waals surface area contributed by atoms with Gasteiger partial charge in [-0.3, -0.25) is 9.59 Å². The average molecular weight is 524 g/mol. The number of hydrogen-bond acceptors (Lipinski definition) is 3. The van der Waals surface area contributed by atoms with Gasteiger partial charge in [-0.15, -0.1) is 12.4 Å². The highest BCUT2D eigenvalue weighted by Gasteiger charge is 2.20. The quantitative estimate of drug-likeness (QED) is 0.338. The number of carbonyl (C=O) groups excluding carboxylic acids is 2. The van der Waals surface area contributed by atoms with Gasteiger partial charge in [0.15, 0.2) is 11.6 Å². The third-order valence-electron chi connectivity index (χ3n) is 3.62. The summed E-state index contributed by atoms with van der Waals surface area (Å²) in [6.45, 7) is 9.77. The molecular weight excluding hydrogens is 497 g/mol. The summed E-state index contributed by atoms with van der Waals surface area (Å²) in [4.78, 5) is 23.3. The molecule has 29 heavy (non-hydrogen) atoms. The first-order valence-electron chi connectivity index (χ1n) is 8.92. The number of nitrogens with one attached hydrogen (secondary N) is 1. The number of hydrogen-bond donors (Lipinski definition) is 1. The molecule has 2 unspecified atom stereocenters. The Balaban J connectivity index is 0.000000542. The molecule has 7 heteroatoms. The van der Waals surface area contributed by atoms with Gasteiger partial charge in [-0.2, -0.15) is 0 Å². The number of rotatable bonds is 5. The van der Waals surface area contributed by atoms with Crippen LogP contribution >= 0.6 is 51.5 Å². The van der Waals surface area contributed by atoms with Crippen molar-refractivity contribution < 1.29 is 9.59 Å². The van der Waals surface area contributed by atoms with Gasteiger partial charge in [0.2, 0.25) is 0 Å². The van der Waals surface area contributed by atoms with E-state index < -0.39 is 0 Å². The van der Waals surface area contributed by atoms with Crippen LogP contribution < -0.4 is 5.32 Å². The van der Waals surface area contributed by atoms with E-state index in [0.717, 1.165) is 0 Å². The van der Waals surface area contributed by atoms with Crippen LogP contribution in [0.5, 0.6) is 0 Å². The molecule has 0 heterocycles. The molecule has 0 bridgehead atoms. The van der Waals surface area contributed by atoms with Crippen LogP contribution in [0, 0.1) is 0 Å². The second-order valence-corrected chi connectivity index (χ2v) is 9.73. The van der Waals surface area contributed by atoms with E-state index in [1.165, 1.54) is 0 Å². The topological polar surface area (TPSA) is 46.2 Å². The first kappa shape index (κ1) is 28.1. The summed E-state index contributed by atoms with van der Waals surface area (Å²) in [6, 6.07) is 13.8. The van der Waals surface area contributed by atoms with Crippen LogP contribution in [0.25, 0.3) is 0 Å². The molecule has 2 aromatic carbocycles. The largest absolute Gasteiger partial charge is 0.303 e. The number of halogens is 4. The van der Waals surface area contributed by atoms with Crippen molar-refractivity contribution in [1.82, 2.24) is 5.32 Å². The van der Waals surface area contributed by atoms with Gasteiger partial charge in [0.05, 0.1) is 10.9 Å². The highest BCUT2D eigenvalue weighted by Crippen LogP contribution is 2.15. The molecule has 3 nitrogen and oxygen atoms in total. The van der Waals surface area contributed by atoms with Crippen molar-refractivity contribution in [3.63, 3.8) is 0 Å².